The van der Waals surface area contributed by atoms with E-state index >= 15 is 0 Å². The van der Waals surface area contributed by atoms with Crippen molar-refractivity contribution in [3.8, 4) is 0 Å². The van der Waals surface area contributed by atoms with Gasteiger partial charge in [-0.2, -0.15) is 0 Å². The summed E-state index contributed by atoms with van der Waals surface area (Å²) in [5.74, 6) is 0.480. The van der Waals surface area contributed by atoms with Gasteiger partial charge in [0.2, 0.25) is 0 Å². The van der Waals surface area contributed by atoms with Gasteiger partial charge in [-0.15, -0.1) is 0 Å². The van der Waals surface area contributed by atoms with Gasteiger partial charge in [-0.05, 0) is 18.1 Å². The number of aromatic nitrogens is 2. The van der Waals surface area contributed by atoms with Crippen LogP contribution >= 0.6 is 0 Å². The van der Waals surface area contributed by atoms with Crippen molar-refractivity contribution in [2.45, 2.75) is 26.7 Å². The van der Waals surface area contributed by atoms with Crippen LogP contribution in [-0.4, -0.2) is 15.8 Å². The van der Waals surface area contributed by atoms with Gasteiger partial charge in [0.05, 0.1) is 17.2 Å². The van der Waals surface area contributed by atoms with Crippen molar-refractivity contribution < 1.29 is 4.79 Å². The second kappa shape index (κ2) is 5.04. The lowest BCUT2D eigenvalue weighted by molar-refractivity contribution is 0.0959. The Morgan fingerprint density at radius 1 is 1.29 bits per heavy atom. The number of ketones is 1. The van der Waals surface area contributed by atoms with E-state index in [1.165, 1.54) is 0 Å². The number of para-hydroxylation sites is 2. The number of nitrogens with zero attached hydrogens (tertiary/aromatic N) is 2. The maximum absolute atomic E-state index is 12.0. The van der Waals surface area contributed by atoms with Crippen LogP contribution in [0.2, 0.25) is 0 Å². The molecule has 0 saturated carbocycles. The molecule has 0 aliphatic rings. The standard InChI is InChI=1S/C14H16N2O/c1-3-10(2)8-14(17)13-9-15-11-6-4-5-7-12(11)16-13/h4-7,9-10H,3,8H2,1-2H3. The van der Waals surface area contributed by atoms with E-state index in [2.05, 4.69) is 23.8 Å². The first kappa shape index (κ1) is 11.7. The van der Waals surface area contributed by atoms with E-state index in [-0.39, 0.29) is 5.78 Å². The molecule has 1 aromatic heterocycles. The molecule has 3 heteroatoms. The largest absolute Gasteiger partial charge is 0.292 e. The molecular formula is C14H16N2O. The molecule has 1 heterocycles. The number of carbonyl (C=O) groups excluding carboxylic acids is 1. The Morgan fingerprint density at radius 2 is 2.00 bits per heavy atom. The molecule has 2 rings (SSSR count). The first-order valence-corrected chi connectivity index (χ1v) is 5.95. The predicted octanol–water partition coefficient (Wildman–Crippen LogP) is 3.25. The van der Waals surface area contributed by atoms with Gasteiger partial charge in [-0.1, -0.05) is 32.4 Å². The summed E-state index contributed by atoms with van der Waals surface area (Å²) in [7, 11) is 0. The number of rotatable bonds is 4. The smallest absolute Gasteiger partial charge is 0.183 e. The molecule has 1 aromatic carbocycles. The molecule has 0 radical (unpaired) electrons. The van der Waals surface area contributed by atoms with Gasteiger partial charge >= 0.3 is 0 Å². The lowest BCUT2D eigenvalue weighted by Crippen LogP contribution is -2.08. The molecule has 1 atom stereocenters. The van der Waals surface area contributed by atoms with Crippen LogP contribution in [0.15, 0.2) is 30.5 Å². The van der Waals surface area contributed by atoms with Crippen molar-refractivity contribution in [2.75, 3.05) is 0 Å². The number of hydrogen-bond acceptors (Lipinski definition) is 3. The van der Waals surface area contributed by atoms with Gasteiger partial charge < -0.3 is 0 Å². The maximum atomic E-state index is 12.0. The van der Waals surface area contributed by atoms with Crippen LogP contribution in [-0.2, 0) is 0 Å². The van der Waals surface area contributed by atoms with Gasteiger partial charge in [0.15, 0.2) is 5.78 Å². The normalized spacial score (nSPS) is 12.6. The highest BCUT2D eigenvalue weighted by Crippen LogP contribution is 2.13. The van der Waals surface area contributed by atoms with Crippen molar-refractivity contribution in [1.29, 1.82) is 0 Å². The quantitative estimate of drug-likeness (QED) is 0.754. The van der Waals surface area contributed by atoms with E-state index < -0.39 is 0 Å². The maximum Gasteiger partial charge on any atom is 0.183 e. The minimum atomic E-state index is 0.0811. The molecule has 0 N–H and O–H groups in total. The Bertz CT molecular complexity index is 536. The SMILES string of the molecule is CCC(C)CC(=O)c1cnc2ccccc2n1. The topological polar surface area (TPSA) is 42.9 Å². The molecule has 0 spiro atoms. The zero-order valence-corrected chi connectivity index (χ0v) is 10.2. The van der Waals surface area contributed by atoms with Crippen molar-refractivity contribution >= 4 is 16.8 Å². The van der Waals surface area contributed by atoms with Crippen LogP contribution < -0.4 is 0 Å². The lowest BCUT2D eigenvalue weighted by Gasteiger charge is -2.06. The molecule has 1 unspecified atom stereocenters. The molecule has 0 saturated heterocycles. The first-order valence-electron chi connectivity index (χ1n) is 5.95. The molecule has 3 nitrogen and oxygen atoms in total. The Kier molecular flexibility index (Phi) is 3.47. The summed E-state index contributed by atoms with van der Waals surface area (Å²) in [4.78, 5) is 20.6. The summed E-state index contributed by atoms with van der Waals surface area (Å²) in [5.41, 5.74) is 2.08. The number of carbonyl (C=O) groups is 1. The average molecular weight is 228 g/mol. The van der Waals surface area contributed by atoms with Crippen LogP contribution in [0.3, 0.4) is 0 Å². The molecular weight excluding hydrogens is 212 g/mol. The molecule has 17 heavy (non-hydrogen) atoms. The van der Waals surface area contributed by atoms with E-state index in [0.29, 0.717) is 18.0 Å². The van der Waals surface area contributed by atoms with E-state index in [9.17, 15) is 4.79 Å². The van der Waals surface area contributed by atoms with E-state index in [4.69, 9.17) is 0 Å². The molecule has 88 valence electrons. The summed E-state index contributed by atoms with van der Waals surface area (Å²) < 4.78 is 0. The molecule has 0 aliphatic heterocycles. The van der Waals surface area contributed by atoms with Crippen LogP contribution in [0.25, 0.3) is 11.0 Å². The third-order valence-corrected chi connectivity index (χ3v) is 2.97. The van der Waals surface area contributed by atoms with Gasteiger partial charge in [0.25, 0.3) is 0 Å². The summed E-state index contributed by atoms with van der Waals surface area (Å²) in [5, 5.41) is 0. The van der Waals surface area contributed by atoms with Crippen LogP contribution in [0, 0.1) is 5.92 Å². The van der Waals surface area contributed by atoms with Crippen molar-refractivity contribution in [3.63, 3.8) is 0 Å². The molecule has 0 amide bonds. The highest BCUT2D eigenvalue weighted by Gasteiger charge is 2.12. The fourth-order valence-electron chi connectivity index (χ4n) is 1.66. The highest BCUT2D eigenvalue weighted by atomic mass is 16.1. The first-order chi connectivity index (χ1) is 8.20. The van der Waals surface area contributed by atoms with Gasteiger partial charge in [-0.3, -0.25) is 9.78 Å². The molecule has 2 aromatic rings. The second-order valence-corrected chi connectivity index (χ2v) is 4.38. The highest BCUT2D eigenvalue weighted by molar-refractivity contribution is 5.95. The minimum absolute atomic E-state index is 0.0811. The third kappa shape index (κ3) is 2.67. The summed E-state index contributed by atoms with van der Waals surface area (Å²) >= 11 is 0. The Labute approximate surface area is 101 Å². The number of hydrogen-bond donors (Lipinski definition) is 0. The average Bonchev–Trinajstić information content (AvgIpc) is 2.38. The van der Waals surface area contributed by atoms with E-state index in [1.54, 1.807) is 6.20 Å². The third-order valence-electron chi connectivity index (χ3n) is 2.97. The number of fused-ring (bicyclic) bond motifs is 1. The summed E-state index contributed by atoms with van der Waals surface area (Å²) in [6, 6.07) is 7.59. The zero-order valence-electron chi connectivity index (χ0n) is 10.2. The minimum Gasteiger partial charge on any atom is -0.292 e. The Morgan fingerprint density at radius 3 is 2.71 bits per heavy atom. The Balaban J connectivity index is 2.27. The lowest BCUT2D eigenvalue weighted by atomic mass is 10.0. The van der Waals surface area contributed by atoms with Gasteiger partial charge in [-0.25, -0.2) is 4.98 Å². The van der Waals surface area contributed by atoms with Crippen molar-refractivity contribution in [3.05, 3.63) is 36.2 Å². The van der Waals surface area contributed by atoms with Crippen LogP contribution in [0.4, 0.5) is 0 Å². The van der Waals surface area contributed by atoms with E-state index in [1.807, 2.05) is 24.3 Å². The molecule has 0 aliphatic carbocycles. The zero-order chi connectivity index (χ0) is 12.3. The molecule has 0 bridgehead atoms. The fraction of sp³-hybridized carbons (Fsp3) is 0.357. The molecule has 0 fully saturated rings. The summed E-state index contributed by atoms with van der Waals surface area (Å²) in [6.07, 6.45) is 3.13. The van der Waals surface area contributed by atoms with Crippen molar-refractivity contribution in [1.82, 2.24) is 9.97 Å². The monoisotopic (exact) mass is 228 g/mol. The van der Waals surface area contributed by atoms with Gasteiger partial charge in [0.1, 0.15) is 5.69 Å². The number of Topliss-reactive ketones (excluding diaryl/α,β-unsaturated/α-hetero) is 1. The van der Waals surface area contributed by atoms with E-state index in [0.717, 1.165) is 17.5 Å². The Hall–Kier alpha value is -1.77. The number of benzene rings is 1. The predicted molar refractivity (Wildman–Crippen MR) is 67.9 cm³/mol. The van der Waals surface area contributed by atoms with Gasteiger partial charge in [0, 0.05) is 6.42 Å². The fourth-order valence-corrected chi connectivity index (χ4v) is 1.66. The van der Waals surface area contributed by atoms with Crippen LogP contribution in [0.5, 0.6) is 0 Å². The second-order valence-electron chi connectivity index (χ2n) is 4.38. The van der Waals surface area contributed by atoms with Crippen LogP contribution in [0.1, 0.15) is 37.2 Å². The van der Waals surface area contributed by atoms with Crippen molar-refractivity contribution in [2.24, 2.45) is 5.92 Å². The summed E-state index contributed by atoms with van der Waals surface area (Å²) in [6.45, 7) is 4.16.